The highest BCUT2D eigenvalue weighted by Gasteiger charge is 2.33. The van der Waals surface area contributed by atoms with E-state index in [4.69, 9.17) is 23.2 Å². The van der Waals surface area contributed by atoms with Crippen molar-refractivity contribution in [2.45, 2.75) is 24.9 Å². The van der Waals surface area contributed by atoms with Crippen LogP contribution in [0.2, 0.25) is 10.0 Å². The lowest BCUT2D eigenvalue weighted by molar-refractivity contribution is -0.137. The van der Waals surface area contributed by atoms with Crippen molar-refractivity contribution >= 4 is 51.0 Å². The van der Waals surface area contributed by atoms with Crippen molar-refractivity contribution in [2.75, 3.05) is 10.8 Å². The van der Waals surface area contributed by atoms with E-state index < -0.39 is 34.2 Å². The zero-order valence-corrected chi connectivity index (χ0v) is 24.0. The number of aromatic nitrogens is 1. The molecule has 0 fully saturated rings. The minimum atomic E-state index is -4.72. The Hall–Kier alpha value is -3.80. The highest BCUT2D eigenvalue weighted by Crippen LogP contribution is 2.33. The SMILES string of the molecule is Cc1cc(/C=N/NC(=O)CN(c2cccc(C(F)(F)F)c2)S(=O)(=O)c2ccccc2)c(C)n1-c1cc(Cl)ccc1Cl. The number of hydrogen-bond donors (Lipinski definition) is 1. The van der Waals surface area contributed by atoms with Crippen LogP contribution in [0, 0.1) is 13.8 Å². The van der Waals surface area contributed by atoms with Crippen LogP contribution >= 0.6 is 23.2 Å². The number of carbonyl (C=O) groups is 1. The summed E-state index contributed by atoms with van der Waals surface area (Å²) in [4.78, 5) is 12.7. The van der Waals surface area contributed by atoms with Gasteiger partial charge < -0.3 is 4.57 Å². The number of hydrazone groups is 1. The molecule has 0 saturated carbocycles. The summed E-state index contributed by atoms with van der Waals surface area (Å²) in [7, 11) is -4.41. The maximum absolute atomic E-state index is 13.4. The van der Waals surface area contributed by atoms with Crippen LogP contribution in [0.1, 0.15) is 22.5 Å². The molecule has 0 bridgehead atoms. The molecular weight excluding hydrogens is 600 g/mol. The van der Waals surface area contributed by atoms with Gasteiger partial charge in [-0.2, -0.15) is 18.3 Å². The van der Waals surface area contributed by atoms with Crippen LogP contribution in [0.5, 0.6) is 0 Å². The van der Waals surface area contributed by atoms with Crippen molar-refractivity contribution in [3.05, 3.63) is 111 Å². The first-order valence-corrected chi connectivity index (χ1v) is 14.2. The average molecular weight is 623 g/mol. The second kappa shape index (κ2) is 12.0. The topological polar surface area (TPSA) is 83.8 Å². The number of hydrogen-bond acceptors (Lipinski definition) is 4. The molecule has 13 heteroatoms. The average Bonchev–Trinajstić information content (AvgIpc) is 3.21. The quantitative estimate of drug-likeness (QED) is 0.174. The molecule has 4 rings (SSSR count). The molecule has 7 nitrogen and oxygen atoms in total. The second-order valence-electron chi connectivity index (χ2n) is 8.92. The number of anilines is 1. The van der Waals surface area contributed by atoms with Crippen LogP contribution < -0.4 is 9.73 Å². The Labute approximate surface area is 244 Å². The minimum Gasteiger partial charge on any atom is -0.316 e. The molecular formula is C28H23Cl2F3N4O3S. The van der Waals surface area contributed by atoms with Crippen LogP contribution in [0.15, 0.2) is 88.9 Å². The molecule has 0 aliphatic carbocycles. The summed E-state index contributed by atoms with van der Waals surface area (Å²) in [5.41, 5.74) is 3.71. The molecule has 0 saturated heterocycles. The smallest absolute Gasteiger partial charge is 0.316 e. The van der Waals surface area contributed by atoms with E-state index in [1.807, 2.05) is 18.4 Å². The van der Waals surface area contributed by atoms with Gasteiger partial charge in [0, 0.05) is 22.0 Å². The lowest BCUT2D eigenvalue weighted by atomic mass is 10.2. The molecule has 41 heavy (non-hydrogen) atoms. The van der Waals surface area contributed by atoms with Gasteiger partial charge >= 0.3 is 6.18 Å². The number of amides is 1. The minimum absolute atomic E-state index is 0.194. The highest BCUT2D eigenvalue weighted by atomic mass is 35.5. The van der Waals surface area contributed by atoms with E-state index in [0.717, 1.165) is 23.5 Å². The lowest BCUT2D eigenvalue weighted by Gasteiger charge is -2.24. The van der Waals surface area contributed by atoms with Gasteiger partial charge in [-0.1, -0.05) is 47.5 Å². The molecule has 0 aliphatic heterocycles. The van der Waals surface area contributed by atoms with Gasteiger partial charge in [0.05, 0.1) is 33.1 Å². The number of sulfonamides is 1. The number of halogens is 5. The molecule has 214 valence electrons. The van der Waals surface area contributed by atoms with E-state index >= 15 is 0 Å². The molecule has 0 spiro atoms. The summed E-state index contributed by atoms with van der Waals surface area (Å²) in [5.74, 6) is -0.870. The van der Waals surface area contributed by atoms with Crippen LogP contribution in [0.3, 0.4) is 0 Å². The fraction of sp³-hybridized carbons (Fsp3) is 0.143. The van der Waals surface area contributed by atoms with Gasteiger partial charge in [0.15, 0.2) is 0 Å². The maximum atomic E-state index is 13.4. The van der Waals surface area contributed by atoms with Crippen LogP contribution in [0.4, 0.5) is 18.9 Å². The maximum Gasteiger partial charge on any atom is 0.416 e. The third kappa shape index (κ3) is 6.75. The summed E-state index contributed by atoms with van der Waals surface area (Å²) in [6.45, 7) is 2.84. The first-order valence-electron chi connectivity index (χ1n) is 12.0. The van der Waals surface area contributed by atoms with Crippen LogP contribution in [-0.4, -0.2) is 31.7 Å². The summed E-state index contributed by atoms with van der Waals surface area (Å²) < 4.78 is 69.4. The molecule has 0 atom stereocenters. The number of rotatable bonds is 8. The Morgan fingerprint density at radius 1 is 1.00 bits per heavy atom. The second-order valence-corrected chi connectivity index (χ2v) is 11.6. The van der Waals surface area contributed by atoms with Gasteiger partial charge in [-0.15, -0.1) is 0 Å². The Bertz CT molecular complexity index is 1720. The first-order chi connectivity index (χ1) is 19.3. The van der Waals surface area contributed by atoms with Crippen molar-refractivity contribution in [1.82, 2.24) is 9.99 Å². The highest BCUT2D eigenvalue weighted by molar-refractivity contribution is 7.92. The van der Waals surface area contributed by atoms with Crippen molar-refractivity contribution in [2.24, 2.45) is 5.10 Å². The molecule has 0 unspecified atom stereocenters. The molecule has 1 amide bonds. The van der Waals surface area contributed by atoms with Crippen LogP contribution in [-0.2, 0) is 21.0 Å². The largest absolute Gasteiger partial charge is 0.416 e. The Morgan fingerprint density at radius 2 is 1.71 bits per heavy atom. The molecule has 0 radical (unpaired) electrons. The molecule has 0 aliphatic rings. The van der Waals surface area contributed by atoms with E-state index in [1.165, 1.54) is 36.5 Å². The Kier molecular flexibility index (Phi) is 8.81. The first kappa shape index (κ1) is 30.2. The molecule has 4 aromatic rings. The van der Waals surface area contributed by atoms with E-state index in [-0.39, 0.29) is 10.6 Å². The number of aryl methyl sites for hydroxylation is 1. The standard InChI is InChI=1S/C28H23Cl2F3N4O3S/c1-18-13-20(19(2)37(18)26-15-22(29)11-12-25(26)30)16-34-35-27(38)17-36(41(39,40)24-9-4-3-5-10-24)23-8-6-7-21(14-23)28(31,32)33/h3-16H,17H2,1-2H3,(H,35,38)/b34-16+. The van der Waals surface area contributed by atoms with Gasteiger partial charge in [0.1, 0.15) is 6.54 Å². The van der Waals surface area contributed by atoms with Crippen molar-refractivity contribution < 1.29 is 26.4 Å². The van der Waals surface area contributed by atoms with Crippen molar-refractivity contribution in [3.8, 4) is 5.69 Å². The van der Waals surface area contributed by atoms with E-state index in [1.54, 1.807) is 30.3 Å². The third-order valence-corrected chi connectivity index (χ3v) is 8.43. The number of carbonyl (C=O) groups excluding carboxylic acids is 1. The summed E-state index contributed by atoms with van der Waals surface area (Å²) in [6.07, 6.45) is -3.35. The molecule has 1 heterocycles. The van der Waals surface area contributed by atoms with Gasteiger partial charge in [-0.05, 0) is 68.4 Å². The van der Waals surface area contributed by atoms with Crippen molar-refractivity contribution in [1.29, 1.82) is 0 Å². The van der Waals surface area contributed by atoms with Gasteiger partial charge in [0.25, 0.3) is 15.9 Å². The number of nitrogens with zero attached hydrogens (tertiary/aromatic N) is 3. The van der Waals surface area contributed by atoms with Gasteiger partial charge in [-0.3, -0.25) is 9.10 Å². The lowest BCUT2D eigenvalue weighted by Crippen LogP contribution is -2.39. The number of alkyl halides is 3. The van der Waals surface area contributed by atoms with E-state index in [0.29, 0.717) is 31.7 Å². The molecule has 1 aromatic heterocycles. The molecule has 1 N–H and O–H groups in total. The number of benzene rings is 3. The predicted octanol–water partition coefficient (Wildman–Crippen LogP) is 6.77. The number of nitrogens with one attached hydrogen (secondary N) is 1. The summed E-state index contributed by atoms with van der Waals surface area (Å²) in [5, 5.41) is 4.92. The summed E-state index contributed by atoms with van der Waals surface area (Å²) >= 11 is 12.5. The Balaban J connectivity index is 1.60. The third-order valence-electron chi connectivity index (χ3n) is 6.09. The van der Waals surface area contributed by atoms with Gasteiger partial charge in [-0.25, -0.2) is 13.8 Å². The van der Waals surface area contributed by atoms with E-state index in [2.05, 4.69) is 10.5 Å². The normalized spacial score (nSPS) is 12.1. The van der Waals surface area contributed by atoms with E-state index in [9.17, 15) is 26.4 Å². The zero-order chi connectivity index (χ0) is 29.9. The van der Waals surface area contributed by atoms with Gasteiger partial charge in [0.2, 0.25) is 0 Å². The van der Waals surface area contributed by atoms with Crippen LogP contribution in [0.25, 0.3) is 5.69 Å². The monoisotopic (exact) mass is 622 g/mol. The Morgan fingerprint density at radius 3 is 2.39 bits per heavy atom. The fourth-order valence-electron chi connectivity index (χ4n) is 4.16. The zero-order valence-electron chi connectivity index (χ0n) is 21.7. The van der Waals surface area contributed by atoms with Crippen molar-refractivity contribution in [3.63, 3.8) is 0 Å². The fourth-order valence-corrected chi connectivity index (χ4v) is 5.96. The summed E-state index contributed by atoms with van der Waals surface area (Å²) in [6, 6.07) is 17.7. The predicted molar refractivity (Wildman–Crippen MR) is 153 cm³/mol. The molecule has 3 aromatic carbocycles.